The molecule has 0 bridgehead atoms. The molecule has 0 aliphatic heterocycles. The number of nitrogens with two attached hydrogens (primary N) is 1. The van der Waals surface area contributed by atoms with E-state index in [0.29, 0.717) is 6.42 Å². The highest BCUT2D eigenvalue weighted by Gasteiger charge is 2.36. The number of hydrogen-bond donors (Lipinski definition) is 1. The molecule has 15 heavy (non-hydrogen) atoms. The summed E-state index contributed by atoms with van der Waals surface area (Å²) in [7, 11) is 0. The zero-order valence-electron chi connectivity index (χ0n) is 8.53. The second kappa shape index (κ2) is 6.46. The molecular formula is C10H14F3NO. The third-order valence-electron chi connectivity index (χ3n) is 1.76. The summed E-state index contributed by atoms with van der Waals surface area (Å²) in [6, 6.07) is -0.0507. The first-order chi connectivity index (χ1) is 6.88. The van der Waals surface area contributed by atoms with E-state index in [1.807, 2.05) is 6.92 Å². The molecule has 1 unspecified atom stereocenters. The van der Waals surface area contributed by atoms with Gasteiger partial charge in [0.15, 0.2) is 0 Å². The van der Waals surface area contributed by atoms with E-state index in [9.17, 15) is 18.0 Å². The van der Waals surface area contributed by atoms with Crippen LogP contribution in [0.15, 0.2) is 0 Å². The van der Waals surface area contributed by atoms with Crippen molar-refractivity contribution >= 4 is 5.78 Å². The predicted octanol–water partition coefficient (Wildman–Crippen LogP) is 2.03. The predicted molar refractivity (Wildman–Crippen MR) is 51.0 cm³/mol. The largest absolute Gasteiger partial charge is 0.462 e. The van der Waals surface area contributed by atoms with Gasteiger partial charge in [0.2, 0.25) is 0 Å². The molecule has 0 fully saturated rings. The first-order valence-corrected chi connectivity index (χ1v) is 4.73. The summed E-state index contributed by atoms with van der Waals surface area (Å²) in [5.41, 5.74) is 5.61. The third-order valence-corrected chi connectivity index (χ3v) is 1.76. The summed E-state index contributed by atoms with van der Waals surface area (Å²) in [5.74, 6) is 1.74. The van der Waals surface area contributed by atoms with Crippen LogP contribution in [0.1, 0.15) is 32.6 Å². The summed E-state index contributed by atoms with van der Waals surface area (Å²) < 4.78 is 35.0. The molecule has 0 saturated heterocycles. The lowest BCUT2D eigenvalue weighted by Crippen LogP contribution is -2.21. The van der Waals surface area contributed by atoms with Crippen molar-refractivity contribution in [3.63, 3.8) is 0 Å². The van der Waals surface area contributed by atoms with Gasteiger partial charge in [-0.1, -0.05) is 19.3 Å². The van der Waals surface area contributed by atoms with Crippen molar-refractivity contribution in [2.24, 2.45) is 5.73 Å². The molecule has 0 aromatic carbocycles. The Morgan fingerprint density at radius 1 is 1.40 bits per heavy atom. The van der Waals surface area contributed by atoms with Crippen molar-refractivity contribution in [2.75, 3.05) is 0 Å². The Morgan fingerprint density at radius 3 is 2.47 bits per heavy atom. The number of alkyl halides is 3. The van der Waals surface area contributed by atoms with Crippen molar-refractivity contribution in [1.82, 2.24) is 0 Å². The SMILES string of the molecule is CCCC(N)CCC#CC(=O)C(F)(F)F. The molecule has 0 rings (SSSR count). The van der Waals surface area contributed by atoms with Crippen LogP contribution in [-0.2, 0) is 4.79 Å². The van der Waals surface area contributed by atoms with Gasteiger partial charge in [0.25, 0.3) is 0 Å². The second-order valence-corrected chi connectivity index (χ2v) is 3.22. The lowest BCUT2D eigenvalue weighted by atomic mass is 10.1. The highest BCUT2D eigenvalue weighted by molar-refractivity contribution is 5.99. The van der Waals surface area contributed by atoms with E-state index >= 15 is 0 Å². The molecule has 0 aromatic rings. The Bertz CT molecular complexity index is 262. The van der Waals surface area contributed by atoms with E-state index in [0.717, 1.165) is 12.8 Å². The van der Waals surface area contributed by atoms with Crippen LogP contribution in [-0.4, -0.2) is 18.0 Å². The highest BCUT2D eigenvalue weighted by atomic mass is 19.4. The first-order valence-electron chi connectivity index (χ1n) is 4.73. The Kier molecular flexibility index (Phi) is 6.02. The Hall–Kier alpha value is -1.02. The van der Waals surface area contributed by atoms with Crippen LogP contribution in [0.25, 0.3) is 0 Å². The quantitative estimate of drug-likeness (QED) is 0.583. The average Bonchev–Trinajstić information content (AvgIpc) is 2.11. The Balaban J connectivity index is 3.86. The molecule has 2 nitrogen and oxygen atoms in total. The fourth-order valence-corrected chi connectivity index (χ4v) is 0.986. The van der Waals surface area contributed by atoms with Gasteiger partial charge in [0.05, 0.1) is 0 Å². The zero-order chi connectivity index (χ0) is 11.9. The van der Waals surface area contributed by atoms with Crippen LogP contribution in [0.5, 0.6) is 0 Å². The van der Waals surface area contributed by atoms with Crippen LogP contribution in [0.2, 0.25) is 0 Å². The summed E-state index contributed by atoms with van der Waals surface area (Å²) in [5, 5.41) is 0. The van der Waals surface area contributed by atoms with Crippen molar-refractivity contribution < 1.29 is 18.0 Å². The molecule has 0 spiro atoms. The molecular weight excluding hydrogens is 207 g/mol. The topological polar surface area (TPSA) is 43.1 Å². The molecule has 86 valence electrons. The number of rotatable bonds is 4. The van der Waals surface area contributed by atoms with Gasteiger partial charge in [-0.25, -0.2) is 0 Å². The lowest BCUT2D eigenvalue weighted by molar-refractivity contribution is -0.164. The molecule has 0 aromatic heterocycles. The first kappa shape index (κ1) is 14.0. The maximum Gasteiger partial charge on any atom is 0.462 e. The maximum atomic E-state index is 11.7. The van der Waals surface area contributed by atoms with Crippen molar-refractivity contribution in [2.45, 2.75) is 44.8 Å². The van der Waals surface area contributed by atoms with E-state index in [4.69, 9.17) is 5.73 Å². The van der Waals surface area contributed by atoms with Gasteiger partial charge in [0.1, 0.15) is 0 Å². The number of halogens is 3. The van der Waals surface area contributed by atoms with Crippen LogP contribution in [0, 0.1) is 11.8 Å². The van der Waals surface area contributed by atoms with Crippen molar-refractivity contribution in [3.05, 3.63) is 0 Å². The summed E-state index contributed by atoms with van der Waals surface area (Å²) in [6.45, 7) is 1.97. The third kappa shape index (κ3) is 6.97. The van der Waals surface area contributed by atoms with Crippen LogP contribution >= 0.6 is 0 Å². The fraction of sp³-hybridized carbons (Fsp3) is 0.700. The Labute approximate surface area is 87.0 Å². The van der Waals surface area contributed by atoms with Gasteiger partial charge in [-0.2, -0.15) is 13.2 Å². The molecule has 5 heteroatoms. The van der Waals surface area contributed by atoms with E-state index in [1.165, 1.54) is 0 Å². The average molecular weight is 221 g/mol. The molecule has 0 saturated carbocycles. The lowest BCUT2D eigenvalue weighted by Gasteiger charge is -2.06. The van der Waals surface area contributed by atoms with Gasteiger partial charge >= 0.3 is 12.0 Å². The second-order valence-electron chi connectivity index (χ2n) is 3.22. The highest BCUT2D eigenvalue weighted by Crippen LogP contribution is 2.14. The molecule has 0 heterocycles. The van der Waals surface area contributed by atoms with Crippen LogP contribution in [0.4, 0.5) is 13.2 Å². The van der Waals surface area contributed by atoms with Crippen molar-refractivity contribution in [3.8, 4) is 11.8 Å². The van der Waals surface area contributed by atoms with Gasteiger partial charge in [-0.05, 0) is 18.8 Å². The van der Waals surface area contributed by atoms with E-state index in [1.54, 1.807) is 5.92 Å². The van der Waals surface area contributed by atoms with E-state index in [-0.39, 0.29) is 12.5 Å². The summed E-state index contributed by atoms with van der Waals surface area (Å²) in [4.78, 5) is 10.3. The fourth-order valence-electron chi connectivity index (χ4n) is 0.986. The smallest absolute Gasteiger partial charge is 0.328 e. The molecule has 0 aliphatic carbocycles. The minimum atomic E-state index is -4.85. The van der Waals surface area contributed by atoms with Gasteiger partial charge in [-0.3, -0.25) is 4.79 Å². The zero-order valence-corrected chi connectivity index (χ0v) is 8.53. The molecule has 1 atom stereocenters. The summed E-state index contributed by atoms with van der Waals surface area (Å²) >= 11 is 0. The number of ketones is 1. The van der Waals surface area contributed by atoms with E-state index in [2.05, 4.69) is 5.92 Å². The monoisotopic (exact) mass is 221 g/mol. The van der Waals surface area contributed by atoms with Crippen LogP contribution in [0.3, 0.4) is 0 Å². The number of hydrogen-bond acceptors (Lipinski definition) is 2. The van der Waals surface area contributed by atoms with Crippen molar-refractivity contribution in [1.29, 1.82) is 0 Å². The standard InChI is InChI=1S/C10H14F3NO/c1-2-5-8(14)6-3-4-7-9(15)10(11,12)13/h8H,2-3,5-6,14H2,1H3. The van der Waals surface area contributed by atoms with Gasteiger partial charge in [-0.15, -0.1) is 0 Å². The van der Waals surface area contributed by atoms with Gasteiger partial charge < -0.3 is 5.73 Å². The maximum absolute atomic E-state index is 11.7. The number of carbonyl (C=O) groups is 1. The number of carbonyl (C=O) groups excluding carboxylic acids is 1. The number of Topliss-reactive ketones (excluding diaryl/α,β-unsaturated/α-hetero) is 1. The van der Waals surface area contributed by atoms with Crippen LogP contribution < -0.4 is 5.73 Å². The molecule has 0 amide bonds. The molecule has 0 aliphatic rings. The molecule has 0 radical (unpaired) electrons. The minimum Gasteiger partial charge on any atom is -0.328 e. The summed E-state index contributed by atoms with van der Waals surface area (Å²) in [6.07, 6.45) is -2.36. The normalized spacial score (nSPS) is 12.9. The van der Waals surface area contributed by atoms with E-state index < -0.39 is 12.0 Å². The molecule has 2 N–H and O–H groups in total. The Morgan fingerprint density at radius 2 is 2.00 bits per heavy atom. The minimum absolute atomic E-state index is 0.0507. The van der Waals surface area contributed by atoms with Gasteiger partial charge in [0, 0.05) is 12.5 Å².